The lowest BCUT2D eigenvalue weighted by Gasteiger charge is -2.44. The first kappa shape index (κ1) is 14.2. The van der Waals surface area contributed by atoms with Gasteiger partial charge in [0.2, 0.25) is 0 Å². The largest absolute Gasteiger partial charge is 0.371 e. The molecule has 2 aliphatic rings. The van der Waals surface area contributed by atoms with E-state index in [-0.39, 0.29) is 6.03 Å². The van der Waals surface area contributed by atoms with Gasteiger partial charge in [0, 0.05) is 31.4 Å². The molecule has 0 bridgehead atoms. The standard InChI is InChI=1S/C17H25N3O/c18-17(21)20-12-5-4-10-16(20)14-7-6-11-19(13-14)15-8-2-1-3-9-15/h1-3,8-9,14,16H,4-7,10-13H2,(H2,18,21). The number of para-hydroxylation sites is 1. The maximum Gasteiger partial charge on any atom is 0.315 e. The van der Waals surface area contributed by atoms with Crippen LogP contribution < -0.4 is 10.6 Å². The molecule has 4 nitrogen and oxygen atoms in total. The summed E-state index contributed by atoms with van der Waals surface area (Å²) in [6, 6.07) is 10.7. The van der Waals surface area contributed by atoms with Gasteiger partial charge in [-0.05, 0) is 50.2 Å². The van der Waals surface area contributed by atoms with Crippen molar-refractivity contribution in [3.8, 4) is 0 Å². The van der Waals surface area contributed by atoms with Crippen molar-refractivity contribution in [2.75, 3.05) is 24.5 Å². The van der Waals surface area contributed by atoms with Gasteiger partial charge in [-0.2, -0.15) is 0 Å². The van der Waals surface area contributed by atoms with Crippen molar-refractivity contribution in [2.45, 2.75) is 38.1 Å². The van der Waals surface area contributed by atoms with E-state index in [1.165, 1.54) is 24.9 Å². The van der Waals surface area contributed by atoms with E-state index in [1.54, 1.807) is 0 Å². The molecule has 0 radical (unpaired) electrons. The van der Waals surface area contributed by atoms with Crippen LogP contribution in [-0.2, 0) is 0 Å². The molecular weight excluding hydrogens is 262 g/mol. The van der Waals surface area contributed by atoms with Crippen LogP contribution in [0.2, 0.25) is 0 Å². The number of amides is 2. The quantitative estimate of drug-likeness (QED) is 0.909. The van der Waals surface area contributed by atoms with Crippen molar-refractivity contribution in [3.63, 3.8) is 0 Å². The van der Waals surface area contributed by atoms with Crippen LogP contribution in [0.4, 0.5) is 10.5 Å². The highest BCUT2D eigenvalue weighted by Gasteiger charge is 2.34. The lowest BCUT2D eigenvalue weighted by Crippen LogP contribution is -2.53. The van der Waals surface area contributed by atoms with Crippen molar-refractivity contribution >= 4 is 11.7 Å². The number of piperidine rings is 2. The Bertz CT molecular complexity index is 476. The van der Waals surface area contributed by atoms with Gasteiger partial charge in [-0.15, -0.1) is 0 Å². The summed E-state index contributed by atoms with van der Waals surface area (Å²) in [5, 5.41) is 0. The molecule has 1 aromatic rings. The molecule has 2 fully saturated rings. The van der Waals surface area contributed by atoms with E-state index >= 15 is 0 Å². The number of carbonyl (C=O) groups excluding carboxylic acids is 1. The second-order valence-corrected chi connectivity index (χ2v) is 6.28. The summed E-state index contributed by atoms with van der Waals surface area (Å²) in [6.07, 6.45) is 5.82. The fraction of sp³-hybridized carbons (Fsp3) is 0.588. The minimum atomic E-state index is -0.239. The molecule has 2 atom stereocenters. The molecule has 0 saturated carbocycles. The summed E-state index contributed by atoms with van der Waals surface area (Å²) in [6.45, 7) is 2.99. The third kappa shape index (κ3) is 3.14. The maximum atomic E-state index is 11.7. The van der Waals surface area contributed by atoms with Crippen molar-refractivity contribution in [1.82, 2.24) is 4.90 Å². The van der Waals surface area contributed by atoms with Crippen molar-refractivity contribution in [3.05, 3.63) is 30.3 Å². The van der Waals surface area contributed by atoms with Gasteiger partial charge in [0.05, 0.1) is 0 Å². The van der Waals surface area contributed by atoms with Crippen LogP contribution in [0.15, 0.2) is 30.3 Å². The monoisotopic (exact) mass is 287 g/mol. The predicted molar refractivity (Wildman–Crippen MR) is 85.3 cm³/mol. The summed E-state index contributed by atoms with van der Waals surface area (Å²) in [7, 11) is 0. The minimum Gasteiger partial charge on any atom is -0.371 e. The molecule has 2 heterocycles. The number of nitrogens with two attached hydrogens (primary N) is 1. The van der Waals surface area contributed by atoms with Crippen LogP contribution in [0.25, 0.3) is 0 Å². The zero-order valence-corrected chi connectivity index (χ0v) is 12.6. The van der Waals surface area contributed by atoms with E-state index in [2.05, 4.69) is 35.2 Å². The second kappa shape index (κ2) is 6.37. The summed E-state index contributed by atoms with van der Waals surface area (Å²) in [5.74, 6) is 0.548. The molecule has 4 heteroatoms. The number of urea groups is 1. The topological polar surface area (TPSA) is 49.6 Å². The van der Waals surface area contributed by atoms with Gasteiger partial charge in [0.25, 0.3) is 0 Å². The molecule has 2 amide bonds. The third-order valence-electron chi connectivity index (χ3n) is 4.96. The Balaban J connectivity index is 1.71. The highest BCUT2D eigenvalue weighted by atomic mass is 16.2. The third-order valence-corrected chi connectivity index (χ3v) is 4.96. The second-order valence-electron chi connectivity index (χ2n) is 6.28. The average molecular weight is 287 g/mol. The highest BCUT2D eigenvalue weighted by Crippen LogP contribution is 2.31. The first-order valence-electron chi connectivity index (χ1n) is 8.12. The molecule has 0 aliphatic carbocycles. The van der Waals surface area contributed by atoms with Crippen molar-refractivity contribution in [1.29, 1.82) is 0 Å². The molecule has 0 aromatic heterocycles. The number of rotatable bonds is 2. The Labute approximate surface area is 126 Å². The molecule has 2 saturated heterocycles. The smallest absolute Gasteiger partial charge is 0.315 e. The van der Waals surface area contributed by atoms with Gasteiger partial charge < -0.3 is 15.5 Å². The van der Waals surface area contributed by atoms with Gasteiger partial charge in [0.1, 0.15) is 0 Å². The number of nitrogens with zero attached hydrogens (tertiary/aromatic N) is 2. The van der Waals surface area contributed by atoms with E-state index in [9.17, 15) is 4.79 Å². The Morgan fingerprint density at radius 2 is 1.86 bits per heavy atom. The molecule has 1 aromatic carbocycles. The summed E-state index contributed by atoms with van der Waals surface area (Å²) < 4.78 is 0. The van der Waals surface area contributed by atoms with Gasteiger partial charge in [0.15, 0.2) is 0 Å². The first-order chi connectivity index (χ1) is 10.3. The van der Waals surface area contributed by atoms with Crippen molar-refractivity contribution < 1.29 is 4.79 Å². The minimum absolute atomic E-state index is 0.239. The Hall–Kier alpha value is -1.71. The van der Waals surface area contributed by atoms with Crippen molar-refractivity contribution in [2.24, 2.45) is 11.7 Å². The molecule has 2 unspecified atom stereocenters. The molecule has 2 aliphatic heterocycles. The summed E-state index contributed by atoms with van der Waals surface area (Å²) in [5.41, 5.74) is 6.88. The van der Waals surface area contributed by atoms with Gasteiger partial charge >= 0.3 is 6.03 Å². The molecule has 2 N–H and O–H groups in total. The lowest BCUT2D eigenvalue weighted by molar-refractivity contribution is 0.117. The fourth-order valence-corrected chi connectivity index (χ4v) is 3.92. The maximum absolute atomic E-state index is 11.7. The SMILES string of the molecule is NC(=O)N1CCCCC1C1CCCN(c2ccccc2)C1. The zero-order chi connectivity index (χ0) is 14.7. The summed E-state index contributed by atoms with van der Waals surface area (Å²) in [4.78, 5) is 16.1. The van der Waals surface area contributed by atoms with Crippen LogP contribution in [0.1, 0.15) is 32.1 Å². The van der Waals surface area contributed by atoms with Gasteiger partial charge in [-0.1, -0.05) is 18.2 Å². The fourth-order valence-electron chi connectivity index (χ4n) is 3.92. The van der Waals surface area contributed by atoms with Crippen LogP contribution in [-0.4, -0.2) is 36.6 Å². The normalized spacial score (nSPS) is 26.7. The van der Waals surface area contributed by atoms with Crippen LogP contribution >= 0.6 is 0 Å². The Kier molecular flexibility index (Phi) is 4.32. The van der Waals surface area contributed by atoms with E-state index in [0.717, 1.165) is 32.5 Å². The molecular formula is C17H25N3O. The number of benzene rings is 1. The lowest BCUT2D eigenvalue weighted by atomic mass is 9.84. The zero-order valence-electron chi connectivity index (χ0n) is 12.6. The van der Waals surface area contributed by atoms with E-state index in [4.69, 9.17) is 5.73 Å². The number of hydrogen-bond donors (Lipinski definition) is 1. The van der Waals surface area contributed by atoms with Gasteiger partial charge in [-0.3, -0.25) is 0 Å². The molecule has 21 heavy (non-hydrogen) atoms. The molecule has 114 valence electrons. The first-order valence-corrected chi connectivity index (χ1v) is 8.12. The van der Waals surface area contributed by atoms with Crippen LogP contribution in [0.5, 0.6) is 0 Å². The van der Waals surface area contributed by atoms with E-state index < -0.39 is 0 Å². The number of likely N-dealkylation sites (tertiary alicyclic amines) is 1. The van der Waals surface area contributed by atoms with Crippen LogP contribution in [0.3, 0.4) is 0 Å². The Morgan fingerprint density at radius 1 is 1.05 bits per heavy atom. The van der Waals surface area contributed by atoms with Gasteiger partial charge in [-0.25, -0.2) is 4.79 Å². The highest BCUT2D eigenvalue weighted by molar-refractivity contribution is 5.72. The molecule has 3 rings (SSSR count). The number of carbonyl (C=O) groups is 1. The van der Waals surface area contributed by atoms with Crippen LogP contribution in [0, 0.1) is 5.92 Å². The number of primary amides is 1. The number of hydrogen-bond acceptors (Lipinski definition) is 2. The number of anilines is 1. The predicted octanol–water partition coefficient (Wildman–Crippen LogP) is 2.84. The van der Waals surface area contributed by atoms with E-state index in [1.807, 2.05) is 4.90 Å². The van der Waals surface area contributed by atoms with E-state index in [0.29, 0.717) is 12.0 Å². The average Bonchev–Trinajstić information content (AvgIpc) is 2.56. The molecule has 0 spiro atoms. The summed E-state index contributed by atoms with van der Waals surface area (Å²) >= 11 is 0. The Morgan fingerprint density at radius 3 is 2.62 bits per heavy atom.